The molecule has 3 aromatic rings. The van der Waals surface area contributed by atoms with Gasteiger partial charge < -0.3 is 5.32 Å². The number of alkyl halides is 1. The van der Waals surface area contributed by atoms with Crippen LogP contribution in [0.25, 0.3) is 22.0 Å². The number of hydrogen-bond acceptors (Lipinski definition) is 4. The fraction of sp³-hybridized carbons (Fsp3) is 0.250. The molecule has 0 radical (unpaired) electrons. The Morgan fingerprint density at radius 1 is 1.07 bits per heavy atom. The standard InChI is InChI=1S/C20H21FN4O2.ClH/c21-13-22-11-4-3-10-18(26)23-15-7-5-6-14(12-15)19-16-8-1-2-9-17(16)20(27)25-24-19;/h1-2,5-9,12,22H,3-4,10-11,13H2,(H,23,26)(H,25,27);1H. The van der Waals surface area contributed by atoms with Crippen LogP contribution in [0.3, 0.4) is 0 Å². The number of nitrogens with one attached hydrogen (secondary N) is 3. The molecule has 3 N–H and O–H groups in total. The molecule has 1 amide bonds. The number of aromatic amines is 1. The van der Waals surface area contributed by atoms with E-state index in [-0.39, 0.29) is 23.9 Å². The average Bonchev–Trinajstić information content (AvgIpc) is 2.68. The minimum absolute atomic E-state index is 0. The summed E-state index contributed by atoms with van der Waals surface area (Å²) in [6, 6.07) is 14.6. The molecular formula is C20H22ClFN4O2. The number of rotatable bonds is 8. The minimum Gasteiger partial charge on any atom is -0.326 e. The summed E-state index contributed by atoms with van der Waals surface area (Å²) in [5.41, 5.74) is 1.88. The van der Waals surface area contributed by atoms with Gasteiger partial charge in [-0.15, -0.1) is 12.4 Å². The number of halogens is 2. The second kappa shape index (κ2) is 10.5. The van der Waals surface area contributed by atoms with Gasteiger partial charge in [0, 0.05) is 23.1 Å². The maximum absolute atomic E-state index is 12.1. The van der Waals surface area contributed by atoms with Crippen molar-refractivity contribution in [2.75, 3.05) is 18.7 Å². The maximum atomic E-state index is 12.1. The van der Waals surface area contributed by atoms with Gasteiger partial charge in [0.1, 0.15) is 6.80 Å². The predicted molar refractivity (Wildman–Crippen MR) is 112 cm³/mol. The molecule has 0 atom stereocenters. The van der Waals surface area contributed by atoms with E-state index < -0.39 is 6.80 Å². The highest BCUT2D eigenvalue weighted by molar-refractivity contribution is 5.95. The number of fused-ring (bicyclic) bond motifs is 1. The fourth-order valence-electron chi connectivity index (χ4n) is 2.90. The number of anilines is 1. The Morgan fingerprint density at radius 3 is 2.64 bits per heavy atom. The number of carbonyl (C=O) groups excluding carboxylic acids is 1. The molecule has 0 saturated heterocycles. The second-order valence-electron chi connectivity index (χ2n) is 6.17. The molecule has 0 unspecified atom stereocenters. The van der Waals surface area contributed by atoms with Crippen molar-refractivity contribution in [1.29, 1.82) is 0 Å². The zero-order valence-electron chi connectivity index (χ0n) is 15.2. The summed E-state index contributed by atoms with van der Waals surface area (Å²) < 4.78 is 11.9. The maximum Gasteiger partial charge on any atom is 0.272 e. The van der Waals surface area contributed by atoms with Crippen LogP contribution < -0.4 is 16.2 Å². The molecule has 28 heavy (non-hydrogen) atoms. The Bertz CT molecular complexity index is 993. The molecule has 0 spiro atoms. The van der Waals surface area contributed by atoms with E-state index in [0.717, 1.165) is 17.4 Å². The van der Waals surface area contributed by atoms with E-state index in [1.807, 2.05) is 30.3 Å². The number of benzene rings is 2. The Morgan fingerprint density at radius 2 is 1.86 bits per heavy atom. The molecule has 3 rings (SSSR count). The van der Waals surface area contributed by atoms with Crippen LogP contribution in [0.1, 0.15) is 19.3 Å². The SMILES string of the molecule is Cl.O=C(CCCCNCF)Nc1cccc(-c2n[nH]c(=O)c3ccccc23)c1. The topological polar surface area (TPSA) is 86.9 Å². The summed E-state index contributed by atoms with van der Waals surface area (Å²) in [6.07, 6.45) is 1.80. The highest BCUT2D eigenvalue weighted by Gasteiger charge is 2.09. The Hall–Kier alpha value is -2.77. The van der Waals surface area contributed by atoms with Gasteiger partial charge in [-0.05, 0) is 37.6 Å². The van der Waals surface area contributed by atoms with Crippen molar-refractivity contribution in [2.45, 2.75) is 19.3 Å². The first-order chi connectivity index (χ1) is 13.2. The van der Waals surface area contributed by atoms with Crippen LogP contribution in [0.4, 0.5) is 10.1 Å². The summed E-state index contributed by atoms with van der Waals surface area (Å²) >= 11 is 0. The van der Waals surface area contributed by atoms with Gasteiger partial charge in [0.15, 0.2) is 0 Å². The van der Waals surface area contributed by atoms with E-state index in [2.05, 4.69) is 20.8 Å². The largest absolute Gasteiger partial charge is 0.326 e. The number of hydrogen-bond donors (Lipinski definition) is 3. The first-order valence-corrected chi connectivity index (χ1v) is 8.83. The van der Waals surface area contributed by atoms with Crippen LogP contribution in [0.5, 0.6) is 0 Å². The molecule has 0 aliphatic rings. The number of amides is 1. The van der Waals surface area contributed by atoms with Gasteiger partial charge in [0.25, 0.3) is 5.56 Å². The summed E-state index contributed by atoms with van der Waals surface area (Å²) in [7, 11) is 0. The first kappa shape index (κ1) is 21.5. The molecule has 148 valence electrons. The Balaban J connectivity index is 0.00000280. The van der Waals surface area contributed by atoms with Crippen LogP contribution >= 0.6 is 12.4 Å². The van der Waals surface area contributed by atoms with Crippen molar-refractivity contribution < 1.29 is 9.18 Å². The van der Waals surface area contributed by atoms with Crippen molar-refractivity contribution in [3.05, 3.63) is 58.9 Å². The molecule has 0 aliphatic heterocycles. The van der Waals surface area contributed by atoms with Gasteiger partial charge >= 0.3 is 0 Å². The normalized spacial score (nSPS) is 10.5. The zero-order chi connectivity index (χ0) is 19.1. The number of nitrogens with zero attached hydrogens (tertiary/aromatic N) is 1. The second-order valence-corrected chi connectivity index (χ2v) is 6.17. The van der Waals surface area contributed by atoms with Crippen molar-refractivity contribution in [2.24, 2.45) is 0 Å². The Labute approximate surface area is 168 Å². The monoisotopic (exact) mass is 404 g/mol. The summed E-state index contributed by atoms with van der Waals surface area (Å²) in [5.74, 6) is -0.0910. The lowest BCUT2D eigenvalue weighted by Crippen LogP contribution is -2.15. The van der Waals surface area contributed by atoms with Crippen LogP contribution in [0.15, 0.2) is 53.3 Å². The lowest BCUT2D eigenvalue weighted by Gasteiger charge is -2.09. The van der Waals surface area contributed by atoms with E-state index >= 15 is 0 Å². The van der Waals surface area contributed by atoms with Gasteiger partial charge in [0.05, 0.1) is 11.1 Å². The van der Waals surface area contributed by atoms with Gasteiger partial charge in [-0.2, -0.15) is 5.10 Å². The predicted octanol–water partition coefficient (Wildman–Crippen LogP) is 3.64. The lowest BCUT2D eigenvalue weighted by molar-refractivity contribution is -0.116. The molecule has 0 aliphatic carbocycles. The van der Waals surface area contributed by atoms with Crippen molar-refractivity contribution in [1.82, 2.24) is 15.5 Å². The third-order valence-corrected chi connectivity index (χ3v) is 4.22. The summed E-state index contributed by atoms with van der Waals surface area (Å²) in [6.45, 7) is 0.0106. The molecule has 0 bridgehead atoms. The lowest BCUT2D eigenvalue weighted by atomic mass is 10.0. The zero-order valence-corrected chi connectivity index (χ0v) is 16.0. The van der Waals surface area contributed by atoms with E-state index in [1.165, 1.54) is 0 Å². The number of aromatic nitrogens is 2. The van der Waals surface area contributed by atoms with Gasteiger partial charge in [-0.25, -0.2) is 9.49 Å². The quantitative estimate of drug-likeness (QED) is 0.395. The van der Waals surface area contributed by atoms with Gasteiger partial charge in [0.2, 0.25) is 5.91 Å². The van der Waals surface area contributed by atoms with Gasteiger partial charge in [-0.3, -0.25) is 14.9 Å². The van der Waals surface area contributed by atoms with Crippen LogP contribution in [-0.4, -0.2) is 29.4 Å². The van der Waals surface area contributed by atoms with E-state index in [1.54, 1.807) is 18.2 Å². The molecule has 0 fully saturated rings. The first-order valence-electron chi connectivity index (χ1n) is 8.83. The minimum atomic E-state index is -0.549. The highest BCUT2D eigenvalue weighted by atomic mass is 35.5. The molecule has 1 heterocycles. The number of H-pyrrole nitrogens is 1. The Kier molecular flexibility index (Phi) is 8.10. The van der Waals surface area contributed by atoms with Crippen molar-refractivity contribution in [3.8, 4) is 11.3 Å². The summed E-state index contributed by atoms with van der Waals surface area (Å²) in [5, 5.41) is 13.5. The molecule has 0 saturated carbocycles. The van der Waals surface area contributed by atoms with Crippen LogP contribution in [0.2, 0.25) is 0 Å². The highest BCUT2D eigenvalue weighted by Crippen LogP contribution is 2.26. The molecule has 2 aromatic carbocycles. The van der Waals surface area contributed by atoms with E-state index in [9.17, 15) is 14.0 Å². The average molecular weight is 405 g/mol. The molecule has 6 nitrogen and oxygen atoms in total. The van der Waals surface area contributed by atoms with Gasteiger partial charge in [-0.1, -0.05) is 30.3 Å². The smallest absolute Gasteiger partial charge is 0.272 e. The van der Waals surface area contributed by atoms with Crippen molar-refractivity contribution >= 4 is 34.8 Å². The molecular weight excluding hydrogens is 383 g/mol. The van der Waals surface area contributed by atoms with Crippen LogP contribution in [0, 0.1) is 0 Å². The third-order valence-electron chi connectivity index (χ3n) is 4.22. The number of carbonyl (C=O) groups is 1. The van der Waals surface area contributed by atoms with E-state index in [4.69, 9.17) is 0 Å². The molecule has 1 aromatic heterocycles. The van der Waals surface area contributed by atoms with E-state index in [0.29, 0.717) is 36.2 Å². The third kappa shape index (κ3) is 5.37. The fourth-order valence-corrected chi connectivity index (χ4v) is 2.90. The summed E-state index contributed by atoms with van der Waals surface area (Å²) in [4.78, 5) is 24.0. The number of unbranched alkanes of at least 4 members (excludes halogenated alkanes) is 1. The van der Waals surface area contributed by atoms with Crippen LogP contribution in [-0.2, 0) is 4.79 Å². The molecule has 8 heteroatoms. The van der Waals surface area contributed by atoms with Crippen molar-refractivity contribution in [3.63, 3.8) is 0 Å².